The lowest BCUT2D eigenvalue weighted by molar-refractivity contribution is 0.102. The van der Waals surface area contributed by atoms with Crippen molar-refractivity contribution >= 4 is 54.6 Å². The van der Waals surface area contributed by atoms with E-state index in [9.17, 15) is 21.6 Å². The van der Waals surface area contributed by atoms with Crippen LogP contribution in [0.1, 0.15) is 10.4 Å². The van der Waals surface area contributed by atoms with Crippen LogP contribution in [-0.2, 0) is 20.0 Å². The van der Waals surface area contributed by atoms with Gasteiger partial charge >= 0.3 is 0 Å². The Kier molecular flexibility index (Phi) is 6.54. The van der Waals surface area contributed by atoms with Crippen LogP contribution < -0.4 is 14.8 Å². The molecule has 0 atom stereocenters. The highest BCUT2D eigenvalue weighted by atomic mass is 35.5. The molecule has 162 valence electrons. The van der Waals surface area contributed by atoms with Crippen LogP contribution in [0.4, 0.5) is 17.1 Å². The van der Waals surface area contributed by atoms with E-state index in [1.54, 1.807) is 30.3 Å². The maximum Gasteiger partial charge on any atom is 0.262 e. The van der Waals surface area contributed by atoms with Crippen LogP contribution in [0.2, 0.25) is 5.02 Å². The van der Waals surface area contributed by atoms with Gasteiger partial charge in [-0.2, -0.15) is 0 Å². The molecule has 0 radical (unpaired) electrons. The molecule has 3 N–H and O–H groups in total. The van der Waals surface area contributed by atoms with Crippen molar-refractivity contribution in [3.8, 4) is 0 Å². The molecule has 0 unspecified atom stereocenters. The summed E-state index contributed by atoms with van der Waals surface area (Å²) in [6.07, 6.45) is 0.974. The van der Waals surface area contributed by atoms with Crippen molar-refractivity contribution in [2.75, 3.05) is 21.0 Å². The number of carbonyl (C=O) groups excluding carboxylic acids is 1. The minimum Gasteiger partial charge on any atom is -0.322 e. The Labute approximate surface area is 185 Å². The van der Waals surface area contributed by atoms with E-state index >= 15 is 0 Å². The maximum atomic E-state index is 12.7. The van der Waals surface area contributed by atoms with Crippen molar-refractivity contribution in [1.82, 2.24) is 0 Å². The Morgan fingerprint density at radius 2 is 1.45 bits per heavy atom. The number of hydrogen-bond acceptors (Lipinski definition) is 5. The molecular formula is C20H18ClN3O5S2. The number of amides is 1. The third-order valence-corrected chi connectivity index (χ3v) is 6.27. The zero-order chi connectivity index (χ0) is 22.6. The SMILES string of the molecule is CS(=O)(=O)Nc1ccccc1C(=O)Nc1cccc(S(=O)(=O)Nc2ccccc2Cl)c1. The minimum absolute atomic E-state index is 0.0791. The number of nitrogens with one attached hydrogen (secondary N) is 3. The Bertz CT molecular complexity index is 1340. The fourth-order valence-corrected chi connectivity index (χ4v) is 4.60. The third-order valence-electron chi connectivity index (χ3n) is 3.99. The van der Waals surface area contributed by atoms with Gasteiger partial charge in [-0.25, -0.2) is 16.8 Å². The number of benzene rings is 3. The Balaban J connectivity index is 1.85. The largest absolute Gasteiger partial charge is 0.322 e. The van der Waals surface area contributed by atoms with Gasteiger partial charge in [0, 0.05) is 5.69 Å². The van der Waals surface area contributed by atoms with Gasteiger partial charge in [-0.3, -0.25) is 14.2 Å². The summed E-state index contributed by atoms with van der Waals surface area (Å²) in [7, 11) is -7.56. The standard InChI is InChI=1S/C20H18ClN3O5S2/c1-30(26,27)23-18-11-4-2-9-16(18)20(25)22-14-7-6-8-15(13-14)31(28,29)24-19-12-5-3-10-17(19)21/h2-13,23-24H,1H3,(H,22,25). The molecule has 0 saturated carbocycles. The van der Waals surface area contributed by atoms with E-state index in [-0.39, 0.29) is 32.5 Å². The van der Waals surface area contributed by atoms with Crippen molar-refractivity contribution in [3.63, 3.8) is 0 Å². The molecule has 8 nitrogen and oxygen atoms in total. The van der Waals surface area contributed by atoms with Gasteiger partial charge in [0.2, 0.25) is 10.0 Å². The molecule has 0 spiro atoms. The quantitative estimate of drug-likeness (QED) is 0.476. The number of halogens is 1. The molecule has 0 saturated heterocycles. The number of sulfonamides is 2. The van der Waals surface area contributed by atoms with Gasteiger partial charge in [-0.1, -0.05) is 41.9 Å². The molecule has 3 aromatic carbocycles. The van der Waals surface area contributed by atoms with Crippen molar-refractivity contribution in [2.45, 2.75) is 4.90 Å². The summed E-state index contributed by atoms with van der Waals surface area (Å²) in [6.45, 7) is 0. The molecule has 0 aromatic heterocycles. The fourth-order valence-electron chi connectivity index (χ4n) is 2.66. The monoisotopic (exact) mass is 479 g/mol. The zero-order valence-electron chi connectivity index (χ0n) is 16.2. The van der Waals surface area contributed by atoms with Crippen LogP contribution in [0, 0.1) is 0 Å². The molecule has 3 aromatic rings. The zero-order valence-corrected chi connectivity index (χ0v) is 18.6. The fraction of sp³-hybridized carbons (Fsp3) is 0.0500. The number of anilines is 3. The molecule has 0 aliphatic carbocycles. The van der Waals surface area contributed by atoms with Gasteiger partial charge in [0.1, 0.15) is 0 Å². The first-order valence-electron chi connectivity index (χ1n) is 8.81. The lowest BCUT2D eigenvalue weighted by Gasteiger charge is -2.13. The van der Waals surface area contributed by atoms with Crippen LogP contribution in [0.3, 0.4) is 0 Å². The molecular weight excluding hydrogens is 462 g/mol. The normalized spacial score (nSPS) is 11.5. The second-order valence-corrected chi connectivity index (χ2v) is 10.3. The number of rotatable bonds is 7. The van der Waals surface area contributed by atoms with Crippen molar-refractivity contribution in [2.24, 2.45) is 0 Å². The Morgan fingerprint density at radius 3 is 2.13 bits per heavy atom. The summed E-state index contributed by atoms with van der Waals surface area (Å²) >= 11 is 6.01. The van der Waals surface area contributed by atoms with E-state index in [2.05, 4.69) is 14.8 Å². The highest BCUT2D eigenvalue weighted by Gasteiger charge is 2.18. The summed E-state index contributed by atoms with van der Waals surface area (Å²) in [5.41, 5.74) is 0.614. The van der Waals surface area contributed by atoms with Gasteiger partial charge in [0.15, 0.2) is 0 Å². The summed E-state index contributed by atoms with van der Waals surface area (Å²) in [5, 5.41) is 2.82. The predicted molar refractivity (Wildman–Crippen MR) is 122 cm³/mol. The molecule has 0 aliphatic rings. The second-order valence-electron chi connectivity index (χ2n) is 6.49. The summed E-state index contributed by atoms with van der Waals surface area (Å²) < 4.78 is 53.2. The van der Waals surface area contributed by atoms with E-state index in [1.165, 1.54) is 42.5 Å². The number of para-hydroxylation sites is 2. The van der Waals surface area contributed by atoms with Gasteiger partial charge < -0.3 is 5.32 Å². The molecule has 31 heavy (non-hydrogen) atoms. The summed E-state index contributed by atoms with van der Waals surface area (Å²) in [4.78, 5) is 12.6. The third kappa shape index (κ3) is 5.97. The van der Waals surface area contributed by atoms with Gasteiger partial charge in [0.05, 0.1) is 33.1 Å². The number of carbonyl (C=O) groups is 1. The van der Waals surface area contributed by atoms with Crippen LogP contribution in [0.25, 0.3) is 0 Å². The van der Waals surface area contributed by atoms with E-state index in [0.717, 1.165) is 6.26 Å². The molecule has 0 fully saturated rings. The maximum absolute atomic E-state index is 12.7. The van der Waals surface area contributed by atoms with Crippen LogP contribution in [0.5, 0.6) is 0 Å². The van der Waals surface area contributed by atoms with Crippen LogP contribution in [0.15, 0.2) is 77.7 Å². The minimum atomic E-state index is -3.97. The molecule has 1 amide bonds. The van der Waals surface area contributed by atoms with Gasteiger partial charge in [-0.15, -0.1) is 0 Å². The first kappa shape index (κ1) is 22.6. The van der Waals surface area contributed by atoms with Gasteiger partial charge in [0.25, 0.3) is 15.9 Å². The first-order valence-corrected chi connectivity index (χ1v) is 12.6. The van der Waals surface area contributed by atoms with Crippen molar-refractivity contribution in [1.29, 1.82) is 0 Å². The second kappa shape index (κ2) is 8.96. The van der Waals surface area contributed by atoms with E-state index in [0.29, 0.717) is 0 Å². The van der Waals surface area contributed by atoms with E-state index in [4.69, 9.17) is 11.6 Å². The summed E-state index contributed by atoms with van der Waals surface area (Å²) in [5.74, 6) is -0.611. The lowest BCUT2D eigenvalue weighted by Crippen LogP contribution is -2.18. The highest BCUT2D eigenvalue weighted by molar-refractivity contribution is 7.92. The number of hydrogen-bond donors (Lipinski definition) is 3. The van der Waals surface area contributed by atoms with Crippen LogP contribution in [-0.4, -0.2) is 29.0 Å². The van der Waals surface area contributed by atoms with E-state index in [1.807, 2.05) is 0 Å². The Hall–Kier alpha value is -3.08. The topological polar surface area (TPSA) is 121 Å². The van der Waals surface area contributed by atoms with E-state index < -0.39 is 26.0 Å². The predicted octanol–water partition coefficient (Wildman–Crippen LogP) is 3.76. The lowest BCUT2D eigenvalue weighted by atomic mass is 10.1. The smallest absolute Gasteiger partial charge is 0.262 e. The molecule has 3 rings (SSSR count). The molecule has 11 heteroatoms. The molecule has 0 aliphatic heterocycles. The van der Waals surface area contributed by atoms with Crippen LogP contribution >= 0.6 is 11.6 Å². The first-order chi connectivity index (χ1) is 14.5. The molecule has 0 heterocycles. The highest BCUT2D eigenvalue weighted by Crippen LogP contribution is 2.25. The Morgan fingerprint density at radius 1 is 0.806 bits per heavy atom. The van der Waals surface area contributed by atoms with Crippen molar-refractivity contribution in [3.05, 3.63) is 83.4 Å². The average Bonchev–Trinajstić information content (AvgIpc) is 2.69. The average molecular weight is 480 g/mol. The van der Waals surface area contributed by atoms with Crippen molar-refractivity contribution < 1.29 is 21.6 Å². The van der Waals surface area contributed by atoms with Gasteiger partial charge in [-0.05, 0) is 42.5 Å². The summed E-state index contributed by atoms with van der Waals surface area (Å²) in [6, 6.07) is 18.1. The molecule has 0 bridgehead atoms.